The van der Waals surface area contributed by atoms with E-state index < -0.39 is 0 Å². The zero-order valence-corrected chi connectivity index (χ0v) is 69.4. The van der Waals surface area contributed by atoms with Gasteiger partial charge >= 0.3 is 0 Å². The summed E-state index contributed by atoms with van der Waals surface area (Å²) in [5.74, 6) is 4.36. The Morgan fingerprint density at radius 2 is 0.673 bits per heavy atom. The van der Waals surface area contributed by atoms with Crippen molar-refractivity contribution in [3.63, 3.8) is 0 Å². The third kappa shape index (κ3) is 35.5. The highest BCUT2D eigenvalue weighted by Gasteiger charge is 2.25. The van der Waals surface area contributed by atoms with E-state index in [0.29, 0.717) is 111 Å². The average molecular weight is 1590 g/mol. The fourth-order valence-electron chi connectivity index (χ4n) is 13.7. The number of likely N-dealkylation sites (N-methyl/N-ethyl adjacent to an activating group) is 1. The van der Waals surface area contributed by atoms with E-state index in [2.05, 4.69) is 144 Å². The Labute approximate surface area is 682 Å². The molecule has 2 fully saturated rings. The smallest absolute Gasteiger partial charge is 0.124 e. The first-order valence-electron chi connectivity index (χ1n) is 39.2. The molecule has 2 atom stereocenters. The molecule has 0 aliphatic carbocycles. The van der Waals surface area contributed by atoms with Crippen molar-refractivity contribution in [2.45, 2.75) is 144 Å². The van der Waals surface area contributed by atoms with Crippen LogP contribution in [0.2, 0.25) is 0 Å². The largest absolute Gasteiger partial charge is 1.00 e. The van der Waals surface area contributed by atoms with Crippen LogP contribution in [0, 0.1) is 5.92 Å². The highest BCUT2D eigenvalue weighted by molar-refractivity contribution is 6.17. The normalized spacial score (nSPS) is 15.1. The highest BCUT2D eigenvalue weighted by Crippen LogP contribution is 2.30. The number of nitrogens with zero attached hydrogens (tertiary/aromatic N) is 4. The van der Waals surface area contributed by atoms with Gasteiger partial charge in [0.15, 0.2) is 0 Å². The molecule has 0 bridgehead atoms. The molecule has 0 aromatic heterocycles. The summed E-state index contributed by atoms with van der Waals surface area (Å²) in [5.41, 5.74) is 44.4. The third-order valence-electron chi connectivity index (χ3n) is 20.1. The predicted molar refractivity (Wildman–Crippen MR) is 444 cm³/mol. The van der Waals surface area contributed by atoms with Gasteiger partial charge in [-0.05, 0) is 220 Å². The van der Waals surface area contributed by atoms with Crippen LogP contribution in [0.4, 0.5) is 0 Å². The van der Waals surface area contributed by atoms with E-state index >= 15 is 0 Å². The van der Waals surface area contributed by atoms with Gasteiger partial charge in [0, 0.05) is 106 Å². The number of nitrogens with one attached hydrogen (secondary N) is 2. The van der Waals surface area contributed by atoms with Gasteiger partial charge in [-0.1, -0.05) is 169 Å². The Bertz CT molecular complexity index is 3510. The number of rotatable bonds is 28. The van der Waals surface area contributed by atoms with Crippen LogP contribution in [-0.4, -0.2) is 167 Å². The molecule has 2 aliphatic rings. The molecule has 0 amide bonds. The van der Waals surface area contributed by atoms with Gasteiger partial charge < -0.3 is 107 Å². The van der Waals surface area contributed by atoms with Crippen molar-refractivity contribution in [2.24, 2.45) is 34.6 Å². The van der Waals surface area contributed by atoms with Gasteiger partial charge in [0.1, 0.15) is 41.0 Å². The lowest BCUT2D eigenvalue weighted by molar-refractivity contribution is -0.913. The molecule has 2 unspecified atom stereocenters. The molecular weight excluding hydrogens is 1460 g/mol. The summed E-state index contributed by atoms with van der Waals surface area (Å²) >= 11 is 5.00. The van der Waals surface area contributed by atoms with Crippen LogP contribution < -0.4 is 76.1 Å². The topological polar surface area (TPSA) is 281 Å². The second-order valence-corrected chi connectivity index (χ2v) is 29.7. The molecule has 0 radical (unpaired) electrons. The number of quaternary nitrogens is 1. The van der Waals surface area contributed by atoms with Crippen LogP contribution in [0.3, 0.4) is 0 Å². The summed E-state index contributed by atoms with van der Waals surface area (Å²) < 4.78 is 0. The number of alkyl halides is 1. The predicted octanol–water partition coefficient (Wildman–Crippen LogP) is 2.50. The summed E-state index contributed by atoms with van der Waals surface area (Å²) in [6.45, 7) is 29.5. The van der Waals surface area contributed by atoms with Crippen LogP contribution in [0.5, 0.6) is 34.5 Å². The molecule has 8 aromatic rings. The van der Waals surface area contributed by atoms with Crippen molar-refractivity contribution in [1.82, 2.24) is 24.9 Å². The first-order chi connectivity index (χ1) is 51.8. The third-order valence-corrected chi connectivity index (χ3v) is 20.1. The Morgan fingerprint density at radius 1 is 0.382 bits per heavy atom. The fraction of sp³-hybridized carbons (Fsp3) is 0.461. The lowest BCUT2D eigenvalue weighted by atomic mass is 9.91. The quantitative estimate of drug-likeness (QED) is 0.0248. The van der Waals surface area contributed by atoms with Crippen LogP contribution in [0.15, 0.2) is 170 Å². The van der Waals surface area contributed by atoms with Gasteiger partial charge in [-0.2, -0.15) is 0 Å². The van der Waals surface area contributed by atoms with E-state index in [-0.39, 0.29) is 37.2 Å². The lowest BCUT2D eigenvalue weighted by Crippen LogP contribution is -3.11. The van der Waals surface area contributed by atoms with Crippen molar-refractivity contribution < 1.29 is 72.8 Å². The number of aromatic hydroxyl groups is 6. The molecule has 2 heterocycles. The van der Waals surface area contributed by atoms with Crippen LogP contribution in [0.25, 0.3) is 0 Å². The summed E-state index contributed by atoms with van der Waals surface area (Å²) in [7, 11) is 0. The van der Waals surface area contributed by atoms with Crippen LogP contribution >= 0.6 is 11.6 Å². The molecule has 10 rings (SSSR count). The molecule has 608 valence electrons. The zero-order valence-electron chi connectivity index (χ0n) is 66.4. The number of phenols is 6. The Morgan fingerprint density at radius 3 is 0.982 bits per heavy atom. The minimum Gasteiger partial charge on any atom is -1.00 e. The van der Waals surface area contributed by atoms with E-state index in [9.17, 15) is 30.6 Å². The van der Waals surface area contributed by atoms with Gasteiger partial charge in [-0.15, -0.1) is 11.6 Å². The van der Waals surface area contributed by atoms with Gasteiger partial charge in [0.25, 0.3) is 0 Å². The number of nitrogens with two attached hydrogens (primary N) is 5. The summed E-state index contributed by atoms with van der Waals surface area (Å²) in [5, 5.41) is 67.6. The molecule has 17 nitrogen and oxygen atoms in total. The lowest BCUT2D eigenvalue weighted by Gasteiger charge is -2.26. The molecule has 0 spiro atoms. The van der Waals surface area contributed by atoms with Crippen molar-refractivity contribution in [1.29, 1.82) is 0 Å². The number of hydrogen-bond acceptors (Lipinski definition) is 16. The number of phenolic OH excluding ortho intramolecular Hbond substituents is 6. The van der Waals surface area contributed by atoms with E-state index in [1.165, 1.54) is 21.6 Å². The van der Waals surface area contributed by atoms with Crippen LogP contribution in [0.1, 0.15) is 144 Å². The average Bonchev–Trinajstić information content (AvgIpc) is 1.44. The second kappa shape index (κ2) is 54.9. The summed E-state index contributed by atoms with van der Waals surface area (Å²) in [4.78, 5) is 11.0. The summed E-state index contributed by atoms with van der Waals surface area (Å²) in [6.07, 6.45) is 7.66. The number of hydrogen-bond donors (Lipinski definition) is 13. The Kier molecular flexibility index (Phi) is 48.6. The molecule has 2 aliphatic heterocycles. The zero-order chi connectivity index (χ0) is 77.3. The van der Waals surface area contributed by atoms with Gasteiger partial charge in [-0.25, -0.2) is 0 Å². The number of halogens is 4. The molecule has 0 saturated carbocycles. The number of benzene rings is 8. The molecule has 110 heavy (non-hydrogen) atoms. The van der Waals surface area contributed by atoms with E-state index in [1.54, 1.807) is 30.3 Å². The Hall–Kier alpha value is -6.72. The minimum absolute atomic E-state index is 0. The van der Waals surface area contributed by atoms with Crippen molar-refractivity contribution >= 4 is 11.6 Å². The standard InChI is InChI=1S/C35H52N6O3.C34H49N5O3.2C9H12.C2H5Cl.3ClH/c1-2-38-14-11-29-5-8-35(44)32(23-29)26-41-19-17-39(24-30-21-27(9-12-36)3-6-33(30)42)15-16-40(18-20-41)25-31-22-28(10-13-37)4-7-34(31)43;35-12-7-25-1-4-32(40)29(19-25)20-28-10-15-38(23-30-21-26(8-13-36)2-5-33(30)41)17-18-39(16-11-28)24-31-22-27(9-14-37)3-6-34(31)42;2*1-8(2)9-6-4-3-5-7-9;1-2-3;;;/h3-8,21-23,38,42-44H,2,9-20,24-26,36-37H2,1H3;1-6,19,21-22,28,40-42H,7-18,20,23-24,35-37H2;2*3-8H,1-2H3;2H2,1H3;3*1H/p-2. The molecule has 8 aromatic carbocycles. The van der Waals surface area contributed by atoms with Crippen molar-refractivity contribution in [3.05, 3.63) is 248 Å². The molecule has 2 saturated heterocycles. The SMILES string of the molecule is CC(C)c1ccccc1.CC(C)c1ccccc1.CCCl.CCNCCc1ccc(O)c(CN2CCN(Cc3cc(CCN)ccc3O)CCN(Cc3cc(CCN)ccc3O)CC2)c1.NCCc1ccc(O)c(CC2CCN(Cc3cc(CCN)ccc3O)CC[NH+](Cc3cc(CCN)ccc3O)CC2)c1.[Cl-].[Cl-].[Cl-]. The summed E-state index contributed by atoms with van der Waals surface area (Å²) in [6, 6.07) is 56.1. The van der Waals surface area contributed by atoms with Crippen LogP contribution in [-0.2, 0) is 77.7 Å². The maximum atomic E-state index is 10.8. The molecule has 21 heteroatoms. The van der Waals surface area contributed by atoms with Gasteiger partial charge in [0.2, 0.25) is 0 Å². The maximum Gasteiger partial charge on any atom is 0.124 e. The minimum atomic E-state index is 0. The monoisotopic (exact) mass is 1590 g/mol. The first-order valence-corrected chi connectivity index (χ1v) is 39.8. The van der Waals surface area contributed by atoms with Gasteiger partial charge in [0.05, 0.1) is 13.1 Å². The molecule has 18 N–H and O–H groups in total. The Balaban J connectivity index is 0.000000440. The van der Waals surface area contributed by atoms with E-state index in [4.69, 9.17) is 40.3 Å². The van der Waals surface area contributed by atoms with Crippen molar-refractivity contribution in [3.8, 4) is 34.5 Å². The first kappa shape index (κ1) is 97.5. The van der Waals surface area contributed by atoms with Gasteiger partial charge in [-0.3, -0.25) is 19.6 Å². The fourth-order valence-corrected chi connectivity index (χ4v) is 13.7. The van der Waals surface area contributed by atoms with E-state index in [1.807, 2.05) is 61.5 Å². The maximum absolute atomic E-state index is 10.8. The van der Waals surface area contributed by atoms with Crippen molar-refractivity contribution in [2.75, 3.05) is 117 Å². The van der Waals surface area contributed by atoms with E-state index in [0.717, 1.165) is 210 Å². The molecular formula is C89H131Cl4N11O6-2. The second-order valence-electron chi connectivity index (χ2n) is 29.2. The highest BCUT2D eigenvalue weighted by atomic mass is 35.5.